The van der Waals surface area contributed by atoms with Crippen molar-refractivity contribution in [1.82, 2.24) is 4.90 Å². The fourth-order valence-electron chi connectivity index (χ4n) is 7.29. The van der Waals surface area contributed by atoms with Crippen molar-refractivity contribution >= 4 is 46.5 Å². The van der Waals surface area contributed by atoms with Crippen molar-refractivity contribution in [2.45, 2.75) is 57.0 Å². The number of carboxylic acids is 1. The number of para-hydroxylation sites is 1. The molecule has 4 heterocycles. The number of alkyl halides is 2. The van der Waals surface area contributed by atoms with Crippen molar-refractivity contribution < 1.29 is 42.1 Å². The third-order valence-corrected chi connectivity index (χ3v) is 10.2. The Morgan fingerprint density at radius 2 is 1.65 bits per heavy atom. The van der Waals surface area contributed by atoms with Crippen LogP contribution in [0.25, 0.3) is 11.1 Å². The van der Waals surface area contributed by atoms with E-state index in [-0.39, 0.29) is 52.1 Å². The molecule has 0 spiro atoms. The lowest BCUT2D eigenvalue weighted by molar-refractivity contribution is -0.166. The number of amides is 1. The Bertz CT molecular complexity index is 1720. The van der Waals surface area contributed by atoms with Crippen LogP contribution < -0.4 is 14.5 Å². The molecule has 3 aromatic rings. The van der Waals surface area contributed by atoms with Gasteiger partial charge in [0.05, 0.1) is 64.8 Å². The summed E-state index contributed by atoms with van der Waals surface area (Å²) in [7, 11) is 0. The summed E-state index contributed by atoms with van der Waals surface area (Å²) in [5, 5.41) is 10.2. The molecule has 0 saturated carbocycles. The van der Waals surface area contributed by atoms with Crippen LogP contribution in [0.5, 0.6) is 5.75 Å². The minimum Gasteiger partial charge on any atom is -0.478 e. The van der Waals surface area contributed by atoms with Gasteiger partial charge in [-0.1, -0.05) is 41.4 Å². The van der Waals surface area contributed by atoms with Crippen LogP contribution >= 0.6 is 23.2 Å². The molecule has 4 aliphatic heterocycles. The quantitative estimate of drug-likeness (QED) is 0.279. The number of nitrogens with zero attached hydrogens (tertiary/aromatic N) is 3. The van der Waals surface area contributed by atoms with E-state index in [9.17, 15) is 23.5 Å². The van der Waals surface area contributed by atoms with Crippen molar-refractivity contribution in [3.8, 4) is 16.9 Å². The Hall–Kier alpha value is -3.71. The Morgan fingerprint density at radius 1 is 0.958 bits per heavy atom. The van der Waals surface area contributed by atoms with Gasteiger partial charge in [0.25, 0.3) is 5.91 Å². The summed E-state index contributed by atoms with van der Waals surface area (Å²) in [6.45, 7) is -0.971. The number of hydrogen-bond donors (Lipinski definition) is 1. The second-order valence-corrected chi connectivity index (χ2v) is 13.2. The van der Waals surface area contributed by atoms with Crippen LogP contribution in [0.2, 0.25) is 10.0 Å². The third kappa shape index (κ3) is 6.15. The molecule has 48 heavy (non-hydrogen) atoms. The van der Waals surface area contributed by atoms with E-state index < -0.39 is 30.4 Å². The van der Waals surface area contributed by atoms with Gasteiger partial charge in [0, 0.05) is 35.5 Å². The second kappa shape index (κ2) is 13.3. The summed E-state index contributed by atoms with van der Waals surface area (Å²) < 4.78 is 57.3. The lowest BCUT2D eigenvalue weighted by Crippen LogP contribution is -2.46. The molecule has 0 radical (unpaired) electrons. The van der Waals surface area contributed by atoms with Gasteiger partial charge >= 0.3 is 12.6 Å². The first-order valence-corrected chi connectivity index (χ1v) is 16.5. The molecule has 1 amide bonds. The Morgan fingerprint density at radius 3 is 2.29 bits per heavy atom. The molecule has 3 saturated heterocycles. The summed E-state index contributed by atoms with van der Waals surface area (Å²) in [5.41, 5.74) is 2.37. The monoisotopic (exact) mass is 705 g/mol. The van der Waals surface area contributed by atoms with Gasteiger partial charge in [-0.2, -0.15) is 8.78 Å². The van der Waals surface area contributed by atoms with Crippen molar-refractivity contribution in [3.63, 3.8) is 0 Å². The van der Waals surface area contributed by atoms with Gasteiger partial charge in [-0.3, -0.25) is 4.79 Å². The highest BCUT2D eigenvalue weighted by molar-refractivity contribution is 6.40. The predicted molar refractivity (Wildman–Crippen MR) is 173 cm³/mol. The lowest BCUT2D eigenvalue weighted by atomic mass is 9.96. The van der Waals surface area contributed by atoms with E-state index in [1.165, 1.54) is 4.90 Å². The summed E-state index contributed by atoms with van der Waals surface area (Å²) >= 11 is 13.2. The number of fused-ring (bicyclic) bond motifs is 3. The van der Waals surface area contributed by atoms with Crippen molar-refractivity contribution in [2.24, 2.45) is 0 Å². The molecule has 254 valence electrons. The number of carboxylic acid groups (broad SMARTS) is 1. The molecule has 9 nitrogen and oxygen atoms in total. The number of benzene rings is 3. The molecular weight excluding hydrogens is 674 g/mol. The smallest absolute Gasteiger partial charge is 0.345 e. The van der Waals surface area contributed by atoms with Gasteiger partial charge in [-0.25, -0.2) is 9.18 Å². The van der Waals surface area contributed by atoms with Crippen LogP contribution in [-0.2, 0) is 16.0 Å². The average molecular weight is 707 g/mol. The fraction of sp³-hybridized carbons (Fsp3) is 0.412. The summed E-state index contributed by atoms with van der Waals surface area (Å²) in [5.74, 6) is -1.97. The molecule has 2 bridgehead atoms. The molecule has 1 N–H and O–H groups in total. The van der Waals surface area contributed by atoms with Crippen LogP contribution in [0.4, 0.5) is 24.5 Å². The SMILES string of the molecule is O=C(O)c1cc(F)c(-c2cccc3c2OCN(C(=O)c2c(Cl)cc(N4CCC(OC(F)F)CC4)cc2Cl)C3)cc1N1C2CCC1COC2. The maximum absolute atomic E-state index is 15.7. The van der Waals surface area contributed by atoms with E-state index >= 15 is 4.39 Å². The highest BCUT2D eigenvalue weighted by Crippen LogP contribution is 2.43. The highest BCUT2D eigenvalue weighted by Gasteiger charge is 2.40. The highest BCUT2D eigenvalue weighted by atomic mass is 35.5. The molecule has 2 unspecified atom stereocenters. The summed E-state index contributed by atoms with van der Waals surface area (Å²) in [6, 6.07) is 11.1. The number of piperidine rings is 1. The molecule has 3 aromatic carbocycles. The minimum atomic E-state index is -2.82. The van der Waals surface area contributed by atoms with E-state index in [0.29, 0.717) is 67.4 Å². The van der Waals surface area contributed by atoms with Crippen LogP contribution in [0, 0.1) is 5.82 Å². The largest absolute Gasteiger partial charge is 0.478 e. The number of halogens is 5. The molecule has 14 heteroatoms. The Balaban J connectivity index is 1.13. The van der Waals surface area contributed by atoms with Crippen molar-refractivity contribution in [2.75, 3.05) is 42.8 Å². The normalized spacial score (nSPS) is 21.0. The van der Waals surface area contributed by atoms with Gasteiger partial charge in [0.2, 0.25) is 0 Å². The fourth-order valence-corrected chi connectivity index (χ4v) is 7.93. The molecule has 4 aliphatic rings. The maximum Gasteiger partial charge on any atom is 0.345 e. The summed E-state index contributed by atoms with van der Waals surface area (Å²) in [4.78, 5) is 31.4. The van der Waals surface area contributed by atoms with Gasteiger partial charge in [0.15, 0.2) is 6.73 Å². The first kappa shape index (κ1) is 32.8. The van der Waals surface area contributed by atoms with Crippen LogP contribution in [-0.4, -0.2) is 79.7 Å². The Kier molecular flexibility index (Phi) is 9.10. The zero-order valence-corrected chi connectivity index (χ0v) is 27.2. The first-order valence-electron chi connectivity index (χ1n) is 15.7. The van der Waals surface area contributed by atoms with E-state index in [1.807, 2.05) is 4.90 Å². The van der Waals surface area contributed by atoms with Crippen molar-refractivity contribution in [3.05, 3.63) is 75.0 Å². The van der Waals surface area contributed by atoms with E-state index in [2.05, 4.69) is 9.64 Å². The number of carbonyl (C=O) groups excluding carboxylic acids is 1. The van der Waals surface area contributed by atoms with Gasteiger partial charge in [-0.15, -0.1) is 0 Å². The number of anilines is 2. The van der Waals surface area contributed by atoms with Gasteiger partial charge in [-0.05, 0) is 49.9 Å². The Labute approximate surface area is 284 Å². The van der Waals surface area contributed by atoms with E-state index in [0.717, 1.165) is 18.9 Å². The average Bonchev–Trinajstić information content (AvgIpc) is 3.30. The minimum absolute atomic E-state index is 0.00753. The molecule has 0 aliphatic carbocycles. The van der Waals surface area contributed by atoms with Crippen LogP contribution in [0.3, 0.4) is 0 Å². The standard InChI is InChI=1S/C34H32Cl2F3N3O6/c35-26-10-21(40-8-6-22(7-9-40)48-34(38)39)11-27(36)30(26)32(43)41-14-18-2-1-3-23(31(18)47-17-41)24-13-29(25(33(44)45)12-28(24)37)42-19-4-5-20(42)16-46-15-19/h1-3,10-13,19-20,22,34H,4-9,14-17H2,(H,44,45). The topological polar surface area (TPSA) is 91.8 Å². The molecule has 7 rings (SSSR count). The molecule has 3 fully saturated rings. The van der Waals surface area contributed by atoms with Gasteiger partial charge in [0.1, 0.15) is 11.6 Å². The van der Waals surface area contributed by atoms with E-state index in [4.69, 9.17) is 32.7 Å². The third-order valence-electron chi connectivity index (χ3n) is 9.58. The molecular formula is C34H32Cl2F3N3O6. The molecule has 0 aromatic heterocycles. The van der Waals surface area contributed by atoms with Gasteiger partial charge < -0.3 is 34.0 Å². The zero-order valence-electron chi connectivity index (χ0n) is 25.6. The number of aromatic carboxylic acids is 1. The van der Waals surface area contributed by atoms with Crippen molar-refractivity contribution in [1.29, 1.82) is 0 Å². The number of hydrogen-bond acceptors (Lipinski definition) is 7. The number of carbonyl (C=O) groups is 2. The number of rotatable bonds is 7. The predicted octanol–water partition coefficient (Wildman–Crippen LogP) is 7.07. The number of ether oxygens (including phenoxy) is 3. The molecule has 2 atom stereocenters. The summed E-state index contributed by atoms with van der Waals surface area (Å²) in [6.07, 6.45) is 2.02. The second-order valence-electron chi connectivity index (χ2n) is 12.4. The zero-order chi connectivity index (χ0) is 33.7. The van der Waals surface area contributed by atoms with Crippen LogP contribution in [0.1, 0.15) is 52.0 Å². The first-order chi connectivity index (χ1) is 23.1. The van der Waals surface area contributed by atoms with E-state index in [1.54, 1.807) is 36.4 Å². The number of morpholine rings is 1. The maximum atomic E-state index is 15.7. The lowest BCUT2D eigenvalue weighted by Gasteiger charge is -2.37. The van der Waals surface area contributed by atoms with Crippen LogP contribution in [0.15, 0.2) is 42.5 Å².